The van der Waals surface area contributed by atoms with E-state index >= 15 is 0 Å². The first-order chi connectivity index (χ1) is 8.15. The highest BCUT2D eigenvalue weighted by atomic mass is 16.5. The summed E-state index contributed by atoms with van der Waals surface area (Å²) >= 11 is 0. The molecular formula is C15H25NO. The lowest BCUT2D eigenvalue weighted by Crippen LogP contribution is -2.17. The van der Waals surface area contributed by atoms with Gasteiger partial charge in [0.15, 0.2) is 0 Å². The molecule has 1 N–H and O–H groups in total. The van der Waals surface area contributed by atoms with Gasteiger partial charge < -0.3 is 10.1 Å². The fourth-order valence-corrected chi connectivity index (χ4v) is 1.54. The van der Waals surface area contributed by atoms with E-state index in [2.05, 4.69) is 57.3 Å². The van der Waals surface area contributed by atoms with Crippen LogP contribution in [0.4, 0.5) is 0 Å². The van der Waals surface area contributed by atoms with Crippen LogP contribution in [0, 0.1) is 5.92 Å². The second-order valence-electron chi connectivity index (χ2n) is 4.81. The lowest BCUT2D eigenvalue weighted by atomic mass is 10.1. The third-order valence-electron chi connectivity index (χ3n) is 3.12. The minimum absolute atomic E-state index is 0.308. The van der Waals surface area contributed by atoms with Crippen molar-refractivity contribution in [2.75, 3.05) is 6.54 Å². The molecule has 0 bridgehead atoms. The average Bonchev–Trinajstić information content (AvgIpc) is 2.34. The van der Waals surface area contributed by atoms with Crippen molar-refractivity contribution in [3.8, 4) is 0 Å². The van der Waals surface area contributed by atoms with Crippen molar-refractivity contribution >= 4 is 0 Å². The molecule has 0 spiro atoms. The van der Waals surface area contributed by atoms with E-state index in [4.69, 9.17) is 4.74 Å². The Morgan fingerprint density at radius 3 is 2.35 bits per heavy atom. The molecule has 0 amide bonds. The van der Waals surface area contributed by atoms with E-state index in [9.17, 15) is 0 Å². The van der Waals surface area contributed by atoms with Crippen LogP contribution in [0.3, 0.4) is 0 Å². The fraction of sp³-hybridized carbons (Fsp3) is 0.600. The van der Waals surface area contributed by atoms with E-state index in [1.54, 1.807) is 0 Å². The van der Waals surface area contributed by atoms with Gasteiger partial charge in [-0.2, -0.15) is 0 Å². The number of rotatable bonds is 7. The maximum atomic E-state index is 5.88. The Bertz CT molecular complexity index is 322. The van der Waals surface area contributed by atoms with Crippen LogP contribution in [0.5, 0.6) is 0 Å². The second-order valence-corrected chi connectivity index (χ2v) is 4.81. The van der Waals surface area contributed by atoms with Gasteiger partial charge in [0.05, 0.1) is 12.7 Å². The number of hydrogen-bond acceptors (Lipinski definition) is 2. The molecule has 0 saturated carbocycles. The number of hydrogen-bond donors (Lipinski definition) is 1. The van der Waals surface area contributed by atoms with E-state index in [1.807, 2.05) is 0 Å². The average molecular weight is 235 g/mol. The first-order valence-electron chi connectivity index (χ1n) is 6.54. The Kier molecular flexibility index (Phi) is 6.23. The zero-order chi connectivity index (χ0) is 12.7. The normalized spacial score (nSPS) is 13.0. The van der Waals surface area contributed by atoms with Crippen molar-refractivity contribution in [1.29, 1.82) is 0 Å². The summed E-state index contributed by atoms with van der Waals surface area (Å²) in [7, 11) is 0. The number of benzene rings is 1. The van der Waals surface area contributed by atoms with Crippen LogP contribution in [0.1, 0.15) is 38.8 Å². The lowest BCUT2D eigenvalue weighted by Gasteiger charge is -2.18. The molecule has 0 saturated heterocycles. The predicted octanol–water partition coefficient (Wildman–Crippen LogP) is 3.36. The number of ether oxygens (including phenoxy) is 1. The molecule has 1 rings (SSSR count). The summed E-state index contributed by atoms with van der Waals surface area (Å²) in [5, 5.41) is 3.36. The van der Waals surface area contributed by atoms with Crippen molar-refractivity contribution < 1.29 is 4.74 Å². The van der Waals surface area contributed by atoms with Gasteiger partial charge in [-0.15, -0.1) is 0 Å². The highest BCUT2D eigenvalue weighted by molar-refractivity contribution is 5.26. The van der Waals surface area contributed by atoms with Crippen molar-refractivity contribution in [2.45, 2.75) is 47.0 Å². The highest BCUT2D eigenvalue weighted by Crippen LogP contribution is 2.13. The zero-order valence-electron chi connectivity index (χ0n) is 11.5. The van der Waals surface area contributed by atoms with E-state index < -0.39 is 0 Å². The fourth-order valence-electron chi connectivity index (χ4n) is 1.54. The summed E-state index contributed by atoms with van der Waals surface area (Å²) in [6.45, 7) is 11.3. The molecule has 1 unspecified atom stereocenters. The maximum absolute atomic E-state index is 5.88. The third kappa shape index (κ3) is 4.88. The van der Waals surface area contributed by atoms with Gasteiger partial charge in [0.1, 0.15) is 0 Å². The first kappa shape index (κ1) is 14.2. The summed E-state index contributed by atoms with van der Waals surface area (Å²) in [4.78, 5) is 0. The summed E-state index contributed by atoms with van der Waals surface area (Å²) in [5.74, 6) is 0.566. The van der Waals surface area contributed by atoms with Crippen molar-refractivity contribution in [2.24, 2.45) is 5.92 Å². The molecule has 0 radical (unpaired) electrons. The molecule has 96 valence electrons. The standard InChI is InChI=1S/C15H25NO/c1-5-16-10-14-8-6-7-9-15(14)11-17-13(4)12(2)3/h6-9,12-13,16H,5,10-11H2,1-4H3. The molecule has 0 fully saturated rings. The van der Waals surface area contributed by atoms with Gasteiger partial charge >= 0.3 is 0 Å². The van der Waals surface area contributed by atoms with E-state index in [1.165, 1.54) is 11.1 Å². The van der Waals surface area contributed by atoms with Gasteiger partial charge in [-0.25, -0.2) is 0 Å². The molecule has 0 aromatic heterocycles. The zero-order valence-corrected chi connectivity index (χ0v) is 11.5. The Morgan fingerprint density at radius 2 is 1.76 bits per heavy atom. The molecule has 0 heterocycles. The van der Waals surface area contributed by atoms with E-state index in [0.717, 1.165) is 13.1 Å². The van der Waals surface area contributed by atoms with Gasteiger partial charge in [0.25, 0.3) is 0 Å². The third-order valence-corrected chi connectivity index (χ3v) is 3.12. The van der Waals surface area contributed by atoms with Gasteiger partial charge in [0.2, 0.25) is 0 Å². The van der Waals surface area contributed by atoms with Crippen LogP contribution >= 0.6 is 0 Å². The molecule has 0 aliphatic heterocycles. The predicted molar refractivity (Wildman–Crippen MR) is 72.9 cm³/mol. The monoisotopic (exact) mass is 235 g/mol. The SMILES string of the molecule is CCNCc1ccccc1COC(C)C(C)C. The minimum Gasteiger partial charge on any atom is -0.374 e. The van der Waals surface area contributed by atoms with Crippen LogP contribution < -0.4 is 5.32 Å². The molecular weight excluding hydrogens is 210 g/mol. The topological polar surface area (TPSA) is 21.3 Å². The van der Waals surface area contributed by atoms with Gasteiger partial charge in [-0.05, 0) is 30.5 Å². The Morgan fingerprint density at radius 1 is 1.12 bits per heavy atom. The van der Waals surface area contributed by atoms with Gasteiger partial charge in [0, 0.05) is 6.54 Å². The van der Waals surface area contributed by atoms with Crippen LogP contribution in [-0.4, -0.2) is 12.6 Å². The van der Waals surface area contributed by atoms with Crippen LogP contribution in [0.2, 0.25) is 0 Å². The quantitative estimate of drug-likeness (QED) is 0.782. The summed E-state index contributed by atoms with van der Waals surface area (Å²) in [6, 6.07) is 8.48. The molecule has 2 nitrogen and oxygen atoms in total. The molecule has 0 aliphatic rings. The van der Waals surface area contributed by atoms with Crippen molar-refractivity contribution in [1.82, 2.24) is 5.32 Å². The minimum atomic E-state index is 0.308. The first-order valence-corrected chi connectivity index (χ1v) is 6.54. The molecule has 1 atom stereocenters. The van der Waals surface area contributed by atoms with Crippen molar-refractivity contribution in [3.63, 3.8) is 0 Å². The van der Waals surface area contributed by atoms with Crippen LogP contribution in [0.25, 0.3) is 0 Å². The van der Waals surface area contributed by atoms with Crippen molar-refractivity contribution in [3.05, 3.63) is 35.4 Å². The Labute approximate surface area is 105 Å². The summed E-state index contributed by atoms with van der Waals surface area (Å²) in [5.41, 5.74) is 2.63. The number of nitrogens with one attached hydrogen (secondary N) is 1. The molecule has 17 heavy (non-hydrogen) atoms. The molecule has 1 aromatic carbocycles. The van der Waals surface area contributed by atoms with E-state index in [0.29, 0.717) is 18.6 Å². The molecule has 0 aliphatic carbocycles. The van der Waals surface area contributed by atoms with Crippen LogP contribution in [0.15, 0.2) is 24.3 Å². The largest absolute Gasteiger partial charge is 0.374 e. The van der Waals surface area contributed by atoms with E-state index in [-0.39, 0.29) is 0 Å². The maximum Gasteiger partial charge on any atom is 0.0723 e. The van der Waals surface area contributed by atoms with Gasteiger partial charge in [-0.3, -0.25) is 0 Å². The molecule has 1 aromatic rings. The Hall–Kier alpha value is -0.860. The summed E-state index contributed by atoms with van der Waals surface area (Å²) < 4.78 is 5.88. The summed E-state index contributed by atoms with van der Waals surface area (Å²) in [6.07, 6.45) is 0.308. The van der Waals surface area contributed by atoms with Gasteiger partial charge in [-0.1, -0.05) is 45.0 Å². The Balaban J connectivity index is 2.57. The molecule has 2 heteroatoms. The second kappa shape index (κ2) is 7.46. The van der Waals surface area contributed by atoms with Crippen LogP contribution in [-0.2, 0) is 17.9 Å². The highest BCUT2D eigenvalue weighted by Gasteiger charge is 2.08. The lowest BCUT2D eigenvalue weighted by molar-refractivity contribution is 0.0231. The smallest absolute Gasteiger partial charge is 0.0723 e.